The van der Waals surface area contributed by atoms with Crippen LogP contribution in [0.15, 0.2) is 12.1 Å². The van der Waals surface area contributed by atoms with Crippen LogP contribution in [0.4, 0.5) is 4.39 Å². The van der Waals surface area contributed by atoms with Gasteiger partial charge in [-0.1, -0.05) is 25.6 Å². The van der Waals surface area contributed by atoms with Crippen LogP contribution in [-0.2, 0) is 0 Å². The zero-order valence-electron chi connectivity index (χ0n) is 15.4. The zero-order chi connectivity index (χ0) is 17.2. The van der Waals surface area contributed by atoms with Gasteiger partial charge in [-0.25, -0.2) is 19.4 Å². The summed E-state index contributed by atoms with van der Waals surface area (Å²) in [6, 6.07) is 4.22. The quantitative estimate of drug-likeness (QED) is 0.754. The van der Waals surface area contributed by atoms with Crippen molar-refractivity contribution in [1.82, 2.24) is 9.55 Å². The fourth-order valence-corrected chi connectivity index (χ4v) is 6.42. The van der Waals surface area contributed by atoms with Crippen LogP contribution in [0.3, 0.4) is 0 Å². The van der Waals surface area contributed by atoms with E-state index in [2.05, 4.69) is 55.8 Å². The molecule has 2 aromatic rings. The third-order valence-electron chi connectivity index (χ3n) is 5.79. The number of aromatic nitrogens is 2. The lowest BCUT2D eigenvalue weighted by molar-refractivity contribution is 0.600. The maximum Gasteiger partial charge on any atom is 0.185 e. The Morgan fingerprint density at radius 3 is 2.48 bits per heavy atom. The summed E-state index contributed by atoms with van der Waals surface area (Å²) in [4.78, 5) is 4.45. The van der Waals surface area contributed by atoms with Crippen LogP contribution in [0.1, 0.15) is 39.6 Å². The SMILES string of the molecule is Cc1nc2c(F)cc(B3CC(C)(C)S(C)(C)C3)cc2n1C(C)C. The smallest absolute Gasteiger partial charge is 0.185 e. The molecule has 2 nitrogen and oxygen atoms in total. The average Bonchev–Trinajstić information content (AvgIpc) is 2.83. The standard InChI is InChI=1S/C18H28BFN2S/c1-12(2)22-13(3)21-17-15(20)8-14(9-16(17)22)19-10-18(4,5)23(6,7)11-19/h8-9,12H,10-11H2,1-7H3. The molecule has 0 unspecified atom stereocenters. The molecule has 0 amide bonds. The van der Waals surface area contributed by atoms with Gasteiger partial charge in [-0.2, -0.15) is 0 Å². The van der Waals surface area contributed by atoms with Gasteiger partial charge in [0.15, 0.2) is 6.71 Å². The molecule has 5 heteroatoms. The lowest BCUT2D eigenvalue weighted by atomic mass is 9.43. The van der Waals surface area contributed by atoms with Gasteiger partial charge in [-0.15, -0.1) is 0 Å². The van der Waals surface area contributed by atoms with Gasteiger partial charge in [0.1, 0.15) is 17.2 Å². The molecule has 23 heavy (non-hydrogen) atoms. The molecule has 1 saturated heterocycles. The van der Waals surface area contributed by atoms with E-state index in [1.165, 1.54) is 5.65 Å². The van der Waals surface area contributed by atoms with Gasteiger partial charge in [0.25, 0.3) is 0 Å². The molecule has 0 atom stereocenters. The van der Waals surface area contributed by atoms with Gasteiger partial charge < -0.3 is 4.57 Å². The highest BCUT2D eigenvalue weighted by molar-refractivity contribution is 8.35. The van der Waals surface area contributed by atoms with E-state index in [9.17, 15) is 4.39 Å². The predicted octanol–water partition coefficient (Wildman–Crippen LogP) is 4.16. The summed E-state index contributed by atoms with van der Waals surface area (Å²) in [5.41, 5.74) is 3.82. The van der Waals surface area contributed by atoms with E-state index in [4.69, 9.17) is 0 Å². The number of aryl methyl sites for hydroxylation is 1. The molecule has 126 valence electrons. The van der Waals surface area contributed by atoms with Crippen LogP contribution in [0.2, 0.25) is 6.32 Å². The molecule has 0 radical (unpaired) electrons. The number of imidazole rings is 1. The highest BCUT2D eigenvalue weighted by Gasteiger charge is 2.45. The molecule has 1 aromatic carbocycles. The summed E-state index contributed by atoms with van der Waals surface area (Å²) >= 11 is 0. The molecular weight excluding hydrogens is 306 g/mol. The van der Waals surface area contributed by atoms with Gasteiger partial charge in [0.05, 0.1) is 5.52 Å². The number of halogens is 1. The lowest BCUT2D eigenvalue weighted by Crippen LogP contribution is -2.32. The molecule has 0 bridgehead atoms. The van der Waals surface area contributed by atoms with Crippen molar-refractivity contribution in [2.45, 2.75) is 51.7 Å². The Bertz CT molecular complexity index is 748. The van der Waals surface area contributed by atoms with Crippen molar-refractivity contribution in [2.24, 2.45) is 0 Å². The second-order valence-electron chi connectivity index (χ2n) is 8.36. The molecule has 1 aromatic heterocycles. The van der Waals surface area contributed by atoms with Crippen molar-refractivity contribution in [3.05, 3.63) is 23.8 Å². The van der Waals surface area contributed by atoms with Crippen LogP contribution < -0.4 is 5.46 Å². The topological polar surface area (TPSA) is 17.8 Å². The number of nitrogens with zero attached hydrogens (tertiary/aromatic N) is 2. The molecule has 0 aliphatic carbocycles. The Balaban J connectivity index is 2.12. The fourth-order valence-electron chi connectivity index (χ4n) is 4.00. The van der Waals surface area contributed by atoms with Crippen molar-refractivity contribution in [3.8, 4) is 0 Å². The summed E-state index contributed by atoms with van der Waals surface area (Å²) in [5, 5.41) is 0. The first-order chi connectivity index (χ1) is 10.5. The summed E-state index contributed by atoms with van der Waals surface area (Å²) < 4.78 is 17.2. The van der Waals surface area contributed by atoms with Crippen LogP contribution in [0.25, 0.3) is 11.0 Å². The monoisotopic (exact) mass is 334 g/mol. The minimum Gasteiger partial charge on any atom is -0.326 e. The lowest BCUT2D eigenvalue weighted by Gasteiger charge is -2.41. The van der Waals surface area contributed by atoms with Crippen LogP contribution in [0, 0.1) is 12.7 Å². The zero-order valence-corrected chi connectivity index (χ0v) is 16.2. The van der Waals surface area contributed by atoms with E-state index >= 15 is 0 Å². The molecule has 0 saturated carbocycles. The van der Waals surface area contributed by atoms with Crippen molar-refractivity contribution >= 4 is 33.2 Å². The van der Waals surface area contributed by atoms with E-state index in [0.29, 0.717) is 17.0 Å². The summed E-state index contributed by atoms with van der Waals surface area (Å²) in [7, 11) is -0.654. The fraction of sp³-hybridized carbons (Fsp3) is 0.611. The van der Waals surface area contributed by atoms with Crippen LogP contribution in [-0.4, -0.2) is 39.2 Å². The minimum atomic E-state index is -0.654. The first-order valence-corrected chi connectivity index (χ1v) is 11.0. The minimum absolute atomic E-state index is 0.169. The van der Waals surface area contributed by atoms with Crippen molar-refractivity contribution in [2.75, 3.05) is 18.2 Å². The largest absolute Gasteiger partial charge is 0.326 e. The number of rotatable bonds is 2. The van der Waals surface area contributed by atoms with Crippen molar-refractivity contribution in [3.63, 3.8) is 0 Å². The third-order valence-corrected chi connectivity index (χ3v) is 10.2. The predicted molar refractivity (Wildman–Crippen MR) is 103 cm³/mol. The Labute approximate surface area is 141 Å². The first kappa shape index (κ1) is 16.9. The Hall–Kier alpha value is -0.965. The molecular formula is C18H28BFN2S. The second-order valence-corrected chi connectivity index (χ2v) is 12.9. The van der Waals surface area contributed by atoms with E-state index in [1.54, 1.807) is 6.07 Å². The van der Waals surface area contributed by atoms with Gasteiger partial charge in [-0.3, -0.25) is 0 Å². The Kier molecular flexibility index (Phi) is 3.87. The summed E-state index contributed by atoms with van der Waals surface area (Å²) in [5.74, 6) is 0.723. The van der Waals surface area contributed by atoms with Gasteiger partial charge in [0, 0.05) is 6.04 Å². The molecule has 1 fully saturated rings. The maximum atomic E-state index is 14.7. The second kappa shape index (κ2) is 5.27. The maximum absolute atomic E-state index is 14.7. The number of hydrogen-bond acceptors (Lipinski definition) is 1. The molecule has 1 aliphatic rings. The molecule has 0 spiro atoms. The summed E-state index contributed by atoms with van der Waals surface area (Å²) in [6.07, 6.45) is 5.99. The van der Waals surface area contributed by atoms with E-state index in [0.717, 1.165) is 23.1 Å². The van der Waals surface area contributed by atoms with Crippen LogP contribution >= 0.6 is 10.0 Å². The summed E-state index contributed by atoms with van der Waals surface area (Å²) in [6.45, 7) is 11.4. The van der Waals surface area contributed by atoms with Gasteiger partial charge in [0.2, 0.25) is 0 Å². The normalized spacial score (nSPS) is 21.3. The first-order valence-electron chi connectivity index (χ1n) is 8.42. The molecule has 2 heterocycles. The molecule has 3 rings (SSSR count). The van der Waals surface area contributed by atoms with Crippen molar-refractivity contribution in [1.29, 1.82) is 0 Å². The Morgan fingerprint density at radius 2 is 1.96 bits per heavy atom. The van der Waals surface area contributed by atoms with Gasteiger partial charge >= 0.3 is 0 Å². The molecule has 1 aliphatic heterocycles. The highest BCUT2D eigenvalue weighted by atomic mass is 32.3. The van der Waals surface area contributed by atoms with Crippen molar-refractivity contribution < 1.29 is 4.39 Å². The van der Waals surface area contributed by atoms with E-state index in [-0.39, 0.29) is 11.9 Å². The number of fused-ring (bicyclic) bond motifs is 1. The number of hydrogen-bond donors (Lipinski definition) is 0. The average molecular weight is 334 g/mol. The molecule has 0 N–H and O–H groups in total. The number of benzene rings is 1. The van der Waals surface area contributed by atoms with E-state index in [1.807, 2.05) is 6.92 Å². The van der Waals surface area contributed by atoms with Crippen LogP contribution in [0.5, 0.6) is 0 Å². The third kappa shape index (κ3) is 2.61. The van der Waals surface area contributed by atoms with E-state index < -0.39 is 10.0 Å². The van der Waals surface area contributed by atoms with Gasteiger partial charge in [-0.05, 0) is 55.8 Å². The Morgan fingerprint density at radius 1 is 1.30 bits per heavy atom. The highest BCUT2D eigenvalue weighted by Crippen LogP contribution is 2.60.